The minimum absolute atomic E-state index is 0.806. The summed E-state index contributed by atoms with van der Waals surface area (Å²) in [5, 5.41) is 0. The predicted octanol–water partition coefficient (Wildman–Crippen LogP) is 5.58. The third kappa shape index (κ3) is 6.63. The van der Waals surface area contributed by atoms with Crippen LogP contribution in [0.15, 0.2) is 36.0 Å². The number of allylic oxidation sites excluding steroid dienone is 2. The Kier molecular flexibility index (Phi) is 10.7. The molecule has 1 saturated carbocycles. The zero-order chi connectivity index (χ0) is 22.8. The van der Waals surface area contributed by atoms with E-state index < -0.39 is 0 Å². The van der Waals surface area contributed by atoms with Gasteiger partial charge in [0.1, 0.15) is 5.69 Å². The van der Waals surface area contributed by atoms with Gasteiger partial charge in [-0.1, -0.05) is 39.5 Å². The normalized spacial score (nSPS) is 16.1. The molecule has 3 heterocycles. The minimum atomic E-state index is 0.806. The van der Waals surface area contributed by atoms with E-state index in [9.17, 15) is 0 Å². The van der Waals surface area contributed by atoms with Gasteiger partial charge in [-0.15, -0.1) is 0 Å². The largest absolute Gasteiger partial charge is 0.306 e. The first kappa shape index (κ1) is 25.8. The average Bonchev–Trinajstić information content (AvgIpc) is 3.09. The number of likely N-dealkylation sites (tertiary alicyclic amines) is 1. The Morgan fingerprint density at radius 1 is 1.20 bits per heavy atom. The second-order valence-corrected chi connectivity index (χ2v) is 7.93. The number of nitrogens with zero attached hydrogens (tertiary/aromatic N) is 5. The van der Waals surface area contributed by atoms with Gasteiger partial charge in [0, 0.05) is 37.7 Å². The molecule has 30 heavy (non-hydrogen) atoms. The summed E-state index contributed by atoms with van der Waals surface area (Å²) in [6.07, 6.45) is 7.56. The highest BCUT2D eigenvalue weighted by Gasteiger charge is 2.16. The van der Waals surface area contributed by atoms with E-state index in [-0.39, 0.29) is 0 Å². The first-order valence-corrected chi connectivity index (χ1v) is 11.0. The summed E-state index contributed by atoms with van der Waals surface area (Å²) in [7, 11) is 3.90. The molecular formula is C25H41N5. The standard InChI is InChI=1S/C13H16N4.C5H11N.C5H8.C2H6/c1-6-11(14-5)12-10(4)17-8(2)7-15-13(17)9(3)16-12;1-5-3-6(2)4-5;1-5-3-2-4-5;1-2/h6-7H,1H2,2-5H3;5H,3-4H2,1-2H3;1-4H2;1-2H3. The van der Waals surface area contributed by atoms with Gasteiger partial charge in [0.05, 0.1) is 11.4 Å². The monoisotopic (exact) mass is 411 g/mol. The molecule has 4 rings (SSSR count). The van der Waals surface area contributed by atoms with Crippen LogP contribution in [-0.4, -0.2) is 52.2 Å². The summed E-state index contributed by atoms with van der Waals surface area (Å²) < 4.78 is 2.10. The van der Waals surface area contributed by atoms with E-state index in [4.69, 9.17) is 0 Å². The van der Waals surface area contributed by atoms with Crippen LogP contribution in [0, 0.1) is 26.7 Å². The summed E-state index contributed by atoms with van der Waals surface area (Å²) in [6.45, 7) is 22.4. The predicted molar refractivity (Wildman–Crippen MR) is 131 cm³/mol. The van der Waals surface area contributed by atoms with Gasteiger partial charge in [-0.25, -0.2) is 9.97 Å². The Hall–Kier alpha value is -2.27. The zero-order valence-corrected chi connectivity index (χ0v) is 20.4. The van der Waals surface area contributed by atoms with E-state index >= 15 is 0 Å². The van der Waals surface area contributed by atoms with Crippen molar-refractivity contribution in [2.75, 3.05) is 27.2 Å². The van der Waals surface area contributed by atoms with Crippen molar-refractivity contribution >= 4 is 11.4 Å². The lowest BCUT2D eigenvalue weighted by Crippen LogP contribution is -2.41. The van der Waals surface area contributed by atoms with Gasteiger partial charge >= 0.3 is 0 Å². The summed E-state index contributed by atoms with van der Waals surface area (Å²) >= 11 is 0. The number of aryl methyl sites for hydroxylation is 3. The number of aromatic nitrogens is 3. The Labute approximate surface area is 183 Å². The maximum atomic E-state index is 4.57. The van der Waals surface area contributed by atoms with Gasteiger partial charge < -0.3 is 4.90 Å². The van der Waals surface area contributed by atoms with Gasteiger partial charge in [-0.3, -0.25) is 9.39 Å². The SMILES string of the molecule is C=C1CCC1.C=CC(=NC)c1nc(C)c2ncc(C)n2c1C.CC.CC1CN(C)C1. The molecule has 2 aromatic heterocycles. The Bertz CT molecular complexity index is 857. The number of imidazole rings is 1. The van der Waals surface area contributed by atoms with E-state index in [0.29, 0.717) is 0 Å². The summed E-state index contributed by atoms with van der Waals surface area (Å²) in [4.78, 5) is 15.5. The first-order chi connectivity index (χ1) is 14.3. The van der Waals surface area contributed by atoms with Gasteiger partial charge in [0.15, 0.2) is 5.65 Å². The van der Waals surface area contributed by atoms with Crippen molar-refractivity contribution in [1.29, 1.82) is 0 Å². The molecule has 0 N–H and O–H groups in total. The highest BCUT2D eigenvalue weighted by Crippen LogP contribution is 2.22. The lowest BCUT2D eigenvalue weighted by Gasteiger charge is -2.33. The second-order valence-electron chi connectivity index (χ2n) is 7.93. The fourth-order valence-electron chi connectivity index (χ4n) is 3.49. The molecule has 0 radical (unpaired) electrons. The van der Waals surface area contributed by atoms with Gasteiger partial charge in [0.2, 0.25) is 0 Å². The fraction of sp³-hybridized carbons (Fsp3) is 0.560. The van der Waals surface area contributed by atoms with Crippen LogP contribution in [0.3, 0.4) is 0 Å². The van der Waals surface area contributed by atoms with Crippen LogP contribution in [0.5, 0.6) is 0 Å². The molecule has 0 unspecified atom stereocenters. The number of hydrogen-bond donors (Lipinski definition) is 0. The number of hydrogen-bond acceptors (Lipinski definition) is 4. The second kappa shape index (κ2) is 12.4. The summed E-state index contributed by atoms with van der Waals surface area (Å²) in [6, 6.07) is 0. The molecule has 2 fully saturated rings. The van der Waals surface area contributed by atoms with Crippen LogP contribution < -0.4 is 0 Å². The third-order valence-electron chi connectivity index (χ3n) is 5.20. The smallest absolute Gasteiger partial charge is 0.158 e. The van der Waals surface area contributed by atoms with Crippen molar-refractivity contribution in [3.63, 3.8) is 0 Å². The van der Waals surface area contributed by atoms with Crippen molar-refractivity contribution < 1.29 is 0 Å². The van der Waals surface area contributed by atoms with E-state index in [2.05, 4.69) is 51.4 Å². The van der Waals surface area contributed by atoms with Crippen LogP contribution >= 0.6 is 0 Å². The molecule has 1 aliphatic heterocycles. The quantitative estimate of drug-likeness (QED) is 0.479. The molecular weight excluding hydrogens is 370 g/mol. The van der Waals surface area contributed by atoms with E-state index in [1.807, 2.05) is 40.8 Å². The van der Waals surface area contributed by atoms with E-state index in [1.54, 1.807) is 13.1 Å². The van der Waals surface area contributed by atoms with Crippen molar-refractivity contribution in [2.24, 2.45) is 10.9 Å². The van der Waals surface area contributed by atoms with Crippen LogP contribution in [0.4, 0.5) is 0 Å². The topological polar surface area (TPSA) is 45.8 Å². The molecule has 1 aliphatic carbocycles. The third-order valence-corrected chi connectivity index (χ3v) is 5.20. The van der Waals surface area contributed by atoms with Crippen molar-refractivity contribution in [2.45, 2.75) is 60.8 Å². The number of fused-ring (bicyclic) bond motifs is 1. The van der Waals surface area contributed by atoms with Crippen LogP contribution in [-0.2, 0) is 0 Å². The Morgan fingerprint density at radius 3 is 2.10 bits per heavy atom. The minimum Gasteiger partial charge on any atom is -0.306 e. The summed E-state index contributed by atoms with van der Waals surface area (Å²) in [5.41, 5.74) is 7.06. The molecule has 0 spiro atoms. The molecule has 0 aromatic carbocycles. The van der Waals surface area contributed by atoms with Crippen molar-refractivity contribution in [3.05, 3.63) is 53.8 Å². The Balaban J connectivity index is 0.000000281. The lowest BCUT2D eigenvalue weighted by atomic mass is 9.95. The van der Waals surface area contributed by atoms with Crippen molar-refractivity contribution in [3.8, 4) is 0 Å². The molecule has 0 atom stereocenters. The van der Waals surface area contributed by atoms with Crippen LogP contribution in [0.2, 0.25) is 0 Å². The molecule has 0 bridgehead atoms. The average molecular weight is 412 g/mol. The van der Waals surface area contributed by atoms with Gasteiger partial charge in [0.25, 0.3) is 0 Å². The highest BCUT2D eigenvalue weighted by atomic mass is 15.2. The van der Waals surface area contributed by atoms with Crippen LogP contribution in [0.1, 0.15) is 62.8 Å². The van der Waals surface area contributed by atoms with E-state index in [0.717, 1.165) is 40.1 Å². The highest BCUT2D eigenvalue weighted by molar-refractivity contribution is 6.07. The van der Waals surface area contributed by atoms with Crippen LogP contribution in [0.25, 0.3) is 5.65 Å². The van der Waals surface area contributed by atoms with Gasteiger partial charge in [-0.2, -0.15) is 0 Å². The first-order valence-electron chi connectivity index (χ1n) is 11.0. The lowest BCUT2D eigenvalue weighted by molar-refractivity contribution is 0.149. The molecule has 5 nitrogen and oxygen atoms in total. The molecule has 2 aromatic rings. The van der Waals surface area contributed by atoms with Gasteiger partial charge in [-0.05, 0) is 59.1 Å². The Morgan fingerprint density at radius 2 is 1.77 bits per heavy atom. The molecule has 1 saturated heterocycles. The molecule has 2 aliphatic rings. The fourth-order valence-corrected chi connectivity index (χ4v) is 3.49. The maximum Gasteiger partial charge on any atom is 0.158 e. The molecule has 0 amide bonds. The maximum absolute atomic E-state index is 4.57. The number of rotatable bonds is 2. The summed E-state index contributed by atoms with van der Waals surface area (Å²) in [5.74, 6) is 0.968. The molecule has 5 heteroatoms. The number of aliphatic imine (C=N–C) groups is 1. The van der Waals surface area contributed by atoms with E-state index in [1.165, 1.54) is 37.9 Å². The zero-order valence-electron chi connectivity index (χ0n) is 20.4. The van der Waals surface area contributed by atoms with Crippen molar-refractivity contribution in [1.82, 2.24) is 19.3 Å². The molecule has 166 valence electrons.